The Morgan fingerprint density at radius 2 is 1.58 bits per heavy atom. The average molecular weight is 342 g/mol. The number of H-pyrrole nitrogens is 1. The minimum atomic E-state index is -0.298. The summed E-state index contributed by atoms with van der Waals surface area (Å²) in [5.41, 5.74) is 1.02. The monoisotopic (exact) mass is 342 g/mol. The zero-order valence-electron chi connectivity index (χ0n) is 14.3. The van der Waals surface area contributed by atoms with E-state index >= 15 is 0 Å². The Morgan fingerprint density at radius 1 is 0.885 bits per heavy atom. The van der Waals surface area contributed by atoms with Crippen molar-refractivity contribution in [3.05, 3.63) is 94.4 Å². The Balaban J connectivity index is 1.61. The summed E-state index contributed by atoms with van der Waals surface area (Å²) in [5.74, 6) is -0.298. The molecular formula is C22H18N2O2. The summed E-state index contributed by atoms with van der Waals surface area (Å²) in [6.45, 7) is 1.93. The van der Waals surface area contributed by atoms with Crippen LogP contribution in [0.25, 0.3) is 21.5 Å². The van der Waals surface area contributed by atoms with Crippen LogP contribution >= 0.6 is 0 Å². The van der Waals surface area contributed by atoms with Crippen LogP contribution in [-0.2, 0) is 0 Å². The molecule has 0 fully saturated rings. The molecule has 128 valence electrons. The summed E-state index contributed by atoms with van der Waals surface area (Å²) in [6, 6.07) is 23.0. The van der Waals surface area contributed by atoms with E-state index in [0.29, 0.717) is 5.39 Å². The van der Waals surface area contributed by atoms with Crippen LogP contribution in [0.15, 0.2) is 77.6 Å². The van der Waals surface area contributed by atoms with E-state index in [1.807, 2.05) is 49.4 Å². The van der Waals surface area contributed by atoms with Crippen LogP contribution in [0, 0.1) is 0 Å². The molecule has 3 aromatic carbocycles. The summed E-state index contributed by atoms with van der Waals surface area (Å²) in [6.07, 6.45) is 0. The molecule has 4 aromatic rings. The van der Waals surface area contributed by atoms with Crippen molar-refractivity contribution in [2.45, 2.75) is 13.0 Å². The Hall–Kier alpha value is -3.40. The Bertz CT molecular complexity index is 1180. The molecule has 1 heterocycles. The van der Waals surface area contributed by atoms with Gasteiger partial charge in [0.2, 0.25) is 0 Å². The number of rotatable bonds is 3. The molecule has 4 nitrogen and oxygen atoms in total. The van der Waals surface area contributed by atoms with Gasteiger partial charge in [-0.15, -0.1) is 0 Å². The van der Waals surface area contributed by atoms with E-state index in [-0.39, 0.29) is 23.2 Å². The first-order chi connectivity index (χ1) is 12.6. The second-order valence-corrected chi connectivity index (χ2v) is 6.40. The van der Waals surface area contributed by atoms with Crippen LogP contribution in [0.4, 0.5) is 0 Å². The van der Waals surface area contributed by atoms with Crippen LogP contribution in [0.1, 0.15) is 29.0 Å². The first-order valence-corrected chi connectivity index (χ1v) is 8.53. The lowest BCUT2D eigenvalue weighted by molar-refractivity contribution is 0.0935. The molecule has 1 atom stereocenters. The summed E-state index contributed by atoms with van der Waals surface area (Å²) < 4.78 is 0. The van der Waals surface area contributed by atoms with Gasteiger partial charge in [-0.1, -0.05) is 54.6 Å². The van der Waals surface area contributed by atoms with E-state index < -0.39 is 0 Å². The lowest BCUT2D eigenvalue weighted by atomic mass is 10.0. The normalized spacial score (nSPS) is 12.2. The fourth-order valence-corrected chi connectivity index (χ4v) is 3.17. The first-order valence-electron chi connectivity index (χ1n) is 8.53. The lowest BCUT2D eigenvalue weighted by Crippen LogP contribution is -2.29. The first kappa shape index (κ1) is 16.1. The topological polar surface area (TPSA) is 62.0 Å². The number of hydrogen-bond donors (Lipinski definition) is 2. The predicted molar refractivity (Wildman–Crippen MR) is 104 cm³/mol. The van der Waals surface area contributed by atoms with Gasteiger partial charge in [-0.05, 0) is 46.8 Å². The van der Waals surface area contributed by atoms with Gasteiger partial charge in [-0.25, -0.2) is 0 Å². The molecule has 0 aliphatic carbocycles. The number of aromatic amines is 1. The third-order valence-corrected chi connectivity index (χ3v) is 4.62. The van der Waals surface area contributed by atoms with Gasteiger partial charge in [-0.3, -0.25) is 9.59 Å². The van der Waals surface area contributed by atoms with Crippen molar-refractivity contribution in [2.24, 2.45) is 0 Å². The molecular weight excluding hydrogens is 324 g/mol. The van der Waals surface area contributed by atoms with Crippen molar-refractivity contribution >= 4 is 27.5 Å². The standard InChI is InChI=1S/C22H18N2O2/c1-14(16-11-10-15-6-2-3-7-17(15)12-16)23-22(26)20-13-18-8-4-5-9-19(18)21(25)24-20/h2-14H,1H3,(H,23,26)(H,24,25). The maximum Gasteiger partial charge on any atom is 0.268 e. The van der Waals surface area contributed by atoms with E-state index in [0.717, 1.165) is 21.7 Å². The quantitative estimate of drug-likeness (QED) is 0.587. The van der Waals surface area contributed by atoms with Gasteiger partial charge in [0.25, 0.3) is 11.5 Å². The van der Waals surface area contributed by atoms with E-state index in [9.17, 15) is 9.59 Å². The number of aromatic nitrogens is 1. The number of hydrogen-bond acceptors (Lipinski definition) is 2. The van der Waals surface area contributed by atoms with Gasteiger partial charge in [0, 0.05) is 5.39 Å². The third kappa shape index (κ3) is 2.97. The number of carbonyl (C=O) groups is 1. The highest BCUT2D eigenvalue weighted by Crippen LogP contribution is 2.20. The Kier molecular flexibility index (Phi) is 4.01. The number of amides is 1. The zero-order valence-corrected chi connectivity index (χ0v) is 14.3. The number of carbonyl (C=O) groups excluding carboxylic acids is 1. The summed E-state index contributed by atoms with van der Waals surface area (Å²) in [7, 11) is 0. The van der Waals surface area contributed by atoms with E-state index in [1.54, 1.807) is 18.2 Å². The van der Waals surface area contributed by atoms with Crippen molar-refractivity contribution in [1.82, 2.24) is 10.3 Å². The van der Waals surface area contributed by atoms with E-state index in [4.69, 9.17) is 0 Å². The molecule has 0 aliphatic heterocycles. The van der Waals surface area contributed by atoms with E-state index in [2.05, 4.69) is 22.4 Å². The van der Waals surface area contributed by atoms with Crippen LogP contribution < -0.4 is 10.9 Å². The maximum atomic E-state index is 12.6. The highest BCUT2D eigenvalue weighted by molar-refractivity contribution is 5.96. The number of fused-ring (bicyclic) bond motifs is 2. The second-order valence-electron chi connectivity index (χ2n) is 6.40. The molecule has 0 aliphatic rings. The summed E-state index contributed by atoms with van der Waals surface area (Å²) in [5, 5.41) is 6.58. The van der Waals surface area contributed by atoms with Crippen LogP contribution in [-0.4, -0.2) is 10.9 Å². The molecule has 2 N–H and O–H groups in total. The van der Waals surface area contributed by atoms with Gasteiger partial charge in [0.15, 0.2) is 0 Å². The Labute approximate surface area is 150 Å². The fourth-order valence-electron chi connectivity index (χ4n) is 3.17. The molecule has 0 saturated heterocycles. The van der Waals surface area contributed by atoms with Crippen LogP contribution in [0.3, 0.4) is 0 Å². The van der Waals surface area contributed by atoms with Crippen molar-refractivity contribution in [2.75, 3.05) is 0 Å². The summed E-state index contributed by atoms with van der Waals surface area (Å²) in [4.78, 5) is 27.4. The highest BCUT2D eigenvalue weighted by atomic mass is 16.2. The summed E-state index contributed by atoms with van der Waals surface area (Å²) >= 11 is 0. The minimum absolute atomic E-state index is 0.179. The largest absolute Gasteiger partial charge is 0.344 e. The molecule has 26 heavy (non-hydrogen) atoms. The molecule has 4 rings (SSSR count). The Morgan fingerprint density at radius 3 is 2.38 bits per heavy atom. The van der Waals surface area contributed by atoms with Crippen LogP contribution in [0.5, 0.6) is 0 Å². The molecule has 0 bridgehead atoms. The highest BCUT2D eigenvalue weighted by Gasteiger charge is 2.14. The van der Waals surface area contributed by atoms with Crippen molar-refractivity contribution < 1.29 is 4.79 Å². The fraction of sp³-hybridized carbons (Fsp3) is 0.0909. The van der Waals surface area contributed by atoms with E-state index in [1.165, 1.54) is 0 Å². The smallest absolute Gasteiger partial charge is 0.268 e. The predicted octanol–water partition coefficient (Wildman–Crippen LogP) is 4.17. The third-order valence-electron chi connectivity index (χ3n) is 4.62. The molecule has 0 saturated carbocycles. The molecule has 1 amide bonds. The SMILES string of the molecule is CC(NC(=O)c1cc2ccccc2c(=O)[nH]1)c1ccc2ccccc2c1. The second kappa shape index (κ2) is 6.48. The zero-order chi connectivity index (χ0) is 18.1. The maximum absolute atomic E-state index is 12.6. The lowest BCUT2D eigenvalue weighted by Gasteiger charge is -2.15. The number of pyridine rings is 1. The average Bonchev–Trinajstić information content (AvgIpc) is 2.67. The van der Waals surface area contributed by atoms with Gasteiger partial charge in [0.05, 0.1) is 6.04 Å². The molecule has 4 heteroatoms. The van der Waals surface area contributed by atoms with Gasteiger partial charge in [-0.2, -0.15) is 0 Å². The van der Waals surface area contributed by atoms with Crippen molar-refractivity contribution in [3.8, 4) is 0 Å². The van der Waals surface area contributed by atoms with Gasteiger partial charge < -0.3 is 10.3 Å². The van der Waals surface area contributed by atoms with Crippen LogP contribution in [0.2, 0.25) is 0 Å². The van der Waals surface area contributed by atoms with Gasteiger partial charge in [0.1, 0.15) is 5.69 Å². The van der Waals surface area contributed by atoms with Crippen molar-refractivity contribution in [3.63, 3.8) is 0 Å². The number of nitrogens with one attached hydrogen (secondary N) is 2. The molecule has 0 radical (unpaired) electrons. The van der Waals surface area contributed by atoms with Gasteiger partial charge >= 0.3 is 0 Å². The number of benzene rings is 3. The molecule has 1 unspecified atom stereocenters. The minimum Gasteiger partial charge on any atom is -0.344 e. The van der Waals surface area contributed by atoms with Crippen molar-refractivity contribution in [1.29, 1.82) is 0 Å². The molecule has 1 aromatic heterocycles. The molecule has 0 spiro atoms.